The van der Waals surface area contributed by atoms with Gasteiger partial charge in [0.25, 0.3) is 0 Å². The Bertz CT molecular complexity index is 868. The van der Waals surface area contributed by atoms with Gasteiger partial charge in [0.2, 0.25) is 0 Å². The molecule has 0 bridgehead atoms. The third kappa shape index (κ3) is 3.93. The van der Waals surface area contributed by atoms with Crippen LogP contribution in [0.5, 0.6) is 0 Å². The molecule has 3 aromatic rings. The van der Waals surface area contributed by atoms with E-state index in [0.29, 0.717) is 12.1 Å². The number of aromatic amines is 1. The minimum absolute atomic E-state index is 0.332. The molecule has 27 heavy (non-hydrogen) atoms. The van der Waals surface area contributed by atoms with E-state index in [1.54, 1.807) is 0 Å². The van der Waals surface area contributed by atoms with Gasteiger partial charge in [0.15, 0.2) is 0 Å². The maximum Gasteiger partial charge on any atom is 0.0594 e. The monoisotopic (exact) mass is 363 g/mol. The fraction of sp³-hybridized carbons (Fsp3) is 0.391. The largest absolute Gasteiger partial charge is 0.379 e. The molecule has 0 spiro atoms. The number of ether oxygens (including phenoxy) is 1. The van der Waals surface area contributed by atoms with Crippen molar-refractivity contribution in [2.24, 2.45) is 0 Å². The van der Waals surface area contributed by atoms with Crippen molar-refractivity contribution in [2.75, 3.05) is 26.3 Å². The van der Waals surface area contributed by atoms with Gasteiger partial charge in [-0.1, -0.05) is 48.5 Å². The summed E-state index contributed by atoms with van der Waals surface area (Å²) in [5.41, 5.74) is 5.20. The molecule has 2 N–H and O–H groups in total. The van der Waals surface area contributed by atoms with Crippen LogP contribution in [-0.4, -0.2) is 42.2 Å². The molecule has 0 amide bonds. The molecule has 4 nitrogen and oxygen atoms in total. The summed E-state index contributed by atoms with van der Waals surface area (Å²) in [4.78, 5) is 6.06. The summed E-state index contributed by atoms with van der Waals surface area (Å²) in [6.45, 7) is 8.94. The minimum atomic E-state index is 0.332. The number of aromatic nitrogens is 1. The Labute approximate surface area is 161 Å². The first-order chi connectivity index (χ1) is 13.2. The van der Waals surface area contributed by atoms with E-state index in [1.807, 2.05) is 0 Å². The summed E-state index contributed by atoms with van der Waals surface area (Å²) in [6.07, 6.45) is 0. The zero-order chi connectivity index (χ0) is 18.6. The van der Waals surface area contributed by atoms with Gasteiger partial charge in [-0.2, -0.15) is 0 Å². The van der Waals surface area contributed by atoms with E-state index < -0.39 is 0 Å². The van der Waals surface area contributed by atoms with Gasteiger partial charge in [-0.3, -0.25) is 4.90 Å². The maximum absolute atomic E-state index is 5.58. The van der Waals surface area contributed by atoms with Gasteiger partial charge in [-0.15, -0.1) is 0 Å². The van der Waals surface area contributed by atoms with E-state index in [-0.39, 0.29) is 0 Å². The van der Waals surface area contributed by atoms with Crippen LogP contribution in [0.3, 0.4) is 0 Å². The van der Waals surface area contributed by atoms with Gasteiger partial charge in [-0.05, 0) is 31.0 Å². The van der Waals surface area contributed by atoms with E-state index in [4.69, 9.17) is 4.74 Å². The highest BCUT2D eigenvalue weighted by Crippen LogP contribution is 2.27. The number of hydrogen-bond donors (Lipinski definition) is 2. The lowest BCUT2D eigenvalue weighted by Gasteiger charge is -2.38. The minimum Gasteiger partial charge on any atom is -0.379 e. The van der Waals surface area contributed by atoms with Crippen LogP contribution in [0.15, 0.2) is 54.6 Å². The standard InChI is InChI=1S/C23H29N3O/c1-17-21(20-10-6-7-11-22(20)25-17)16-24-18(2)23(19-8-4-3-5-9-19)26-12-14-27-15-13-26/h3-11,18,23-25H,12-16H2,1-2H3/t18-,23+/m0/s1. The molecule has 0 unspecified atom stereocenters. The second-order valence-corrected chi connectivity index (χ2v) is 7.45. The summed E-state index contributed by atoms with van der Waals surface area (Å²) in [7, 11) is 0. The molecule has 2 aromatic carbocycles. The number of benzene rings is 2. The van der Waals surface area contributed by atoms with Crippen molar-refractivity contribution in [3.05, 3.63) is 71.4 Å². The van der Waals surface area contributed by atoms with Gasteiger partial charge in [0.05, 0.1) is 19.3 Å². The van der Waals surface area contributed by atoms with Crippen LogP contribution >= 0.6 is 0 Å². The van der Waals surface area contributed by atoms with E-state index in [2.05, 4.69) is 83.6 Å². The number of rotatable bonds is 6. The number of morpholine rings is 1. The number of fused-ring (bicyclic) bond motifs is 1. The Morgan fingerprint density at radius 1 is 1.04 bits per heavy atom. The predicted octanol–water partition coefficient (Wildman–Crippen LogP) is 4.03. The molecule has 0 saturated carbocycles. The summed E-state index contributed by atoms with van der Waals surface area (Å²) in [5.74, 6) is 0. The number of nitrogens with one attached hydrogen (secondary N) is 2. The molecule has 1 aliphatic rings. The zero-order valence-electron chi connectivity index (χ0n) is 16.2. The quantitative estimate of drug-likeness (QED) is 0.695. The lowest BCUT2D eigenvalue weighted by atomic mass is 9.97. The first-order valence-electron chi connectivity index (χ1n) is 9.90. The molecule has 1 aliphatic heterocycles. The zero-order valence-corrected chi connectivity index (χ0v) is 16.2. The SMILES string of the molecule is Cc1[nH]c2ccccc2c1CN[C@@H](C)[C@H](c1ccccc1)N1CCOCC1. The first-order valence-corrected chi connectivity index (χ1v) is 9.90. The Hall–Kier alpha value is -2.14. The highest BCUT2D eigenvalue weighted by atomic mass is 16.5. The summed E-state index contributed by atoms with van der Waals surface area (Å²) < 4.78 is 5.58. The van der Waals surface area contributed by atoms with Gasteiger partial charge >= 0.3 is 0 Å². The van der Waals surface area contributed by atoms with Crippen LogP contribution in [0.2, 0.25) is 0 Å². The van der Waals surface area contributed by atoms with Crippen LogP contribution in [0, 0.1) is 6.92 Å². The lowest BCUT2D eigenvalue weighted by molar-refractivity contribution is 0.00855. The third-order valence-electron chi connectivity index (χ3n) is 5.68. The Kier molecular flexibility index (Phi) is 5.58. The molecule has 4 heteroatoms. The first kappa shape index (κ1) is 18.2. The van der Waals surface area contributed by atoms with Crippen molar-refractivity contribution in [3.8, 4) is 0 Å². The maximum atomic E-state index is 5.58. The average Bonchev–Trinajstić information content (AvgIpc) is 3.03. The number of hydrogen-bond acceptors (Lipinski definition) is 3. The van der Waals surface area contributed by atoms with Crippen LogP contribution in [0.1, 0.15) is 29.8 Å². The lowest BCUT2D eigenvalue weighted by Crippen LogP contribution is -2.46. The molecule has 0 aliphatic carbocycles. The second-order valence-electron chi connectivity index (χ2n) is 7.45. The summed E-state index contributed by atoms with van der Waals surface area (Å²) >= 11 is 0. The van der Waals surface area contributed by atoms with Crippen LogP contribution in [0.25, 0.3) is 10.9 Å². The van der Waals surface area contributed by atoms with Gasteiger partial charge < -0.3 is 15.0 Å². The molecular weight excluding hydrogens is 334 g/mol. The number of para-hydroxylation sites is 1. The number of H-pyrrole nitrogens is 1. The van der Waals surface area contributed by atoms with Crippen molar-refractivity contribution in [1.29, 1.82) is 0 Å². The van der Waals surface area contributed by atoms with Crippen LogP contribution < -0.4 is 5.32 Å². The highest BCUT2D eigenvalue weighted by Gasteiger charge is 2.27. The van der Waals surface area contributed by atoms with Crippen LogP contribution in [-0.2, 0) is 11.3 Å². The van der Waals surface area contributed by atoms with Crippen molar-refractivity contribution in [1.82, 2.24) is 15.2 Å². The van der Waals surface area contributed by atoms with Crippen molar-refractivity contribution < 1.29 is 4.74 Å². The van der Waals surface area contributed by atoms with E-state index >= 15 is 0 Å². The molecule has 1 saturated heterocycles. The van der Waals surface area contributed by atoms with Crippen molar-refractivity contribution >= 4 is 10.9 Å². The highest BCUT2D eigenvalue weighted by molar-refractivity contribution is 5.84. The van der Waals surface area contributed by atoms with Gasteiger partial charge in [0, 0.05) is 42.3 Å². The van der Waals surface area contributed by atoms with Crippen LogP contribution in [0.4, 0.5) is 0 Å². The molecule has 1 fully saturated rings. The molecule has 4 rings (SSSR count). The van der Waals surface area contributed by atoms with E-state index in [9.17, 15) is 0 Å². The normalized spacial score (nSPS) is 17.9. The van der Waals surface area contributed by atoms with Gasteiger partial charge in [0.1, 0.15) is 0 Å². The molecular formula is C23H29N3O. The Morgan fingerprint density at radius 2 is 1.74 bits per heavy atom. The average molecular weight is 364 g/mol. The summed E-state index contributed by atoms with van der Waals surface area (Å²) in [6, 6.07) is 20.1. The predicted molar refractivity (Wildman–Crippen MR) is 111 cm³/mol. The fourth-order valence-electron chi connectivity index (χ4n) is 4.26. The van der Waals surface area contributed by atoms with E-state index in [1.165, 1.54) is 27.7 Å². The number of aryl methyl sites for hydroxylation is 1. The summed E-state index contributed by atoms with van der Waals surface area (Å²) in [5, 5.41) is 5.13. The topological polar surface area (TPSA) is 40.3 Å². The van der Waals surface area contributed by atoms with Crippen molar-refractivity contribution in [3.63, 3.8) is 0 Å². The molecule has 2 atom stereocenters. The second kappa shape index (κ2) is 8.26. The molecule has 2 heterocycles. The Balaban J connectivity index is 1.54. The smallest absolute Gasteiger partial charge is 0.0594 e. The molecule has 1 aromatic heterocycles. The molecule has 142 valence electrons. The number of nitrogens with zero attached hydrogens (tertiary/aromatic N) is 1. The van der Waals surface area contributed by atoms with E-state index in [0.717, 1.165) is 32.8 Å². The third-order valence-corrected chi connectivity index (χ3v) is 5.68. The fourth-order valence-corrected chi connectivity index (χ4v) is 4.26. The molecule has 0 radical (unpaired) electrons. The van der Waals surface area contributed by atoms with Gasteiger partial charge in [-0.25, -0.2) is 0 Å². The van der Waals surface area contributed by atoms with Crippen molar-refractivity contribution in [2.45, 2.75) is 32.5 Å². The Morgan fingerprint density at radius 3 is 2.52 bits per heavy atom.